The van der Waals surface area contributed by atoms with Crippen LogP contribution in [0.25, 0.3) is 0 Å². The van der Waals surface area contributed by atoms with Crippen LogP contribution in [0.5, 0.6) is 5.75 Å². The van der Waals surface area contributed by atoms with E-state index in [1.807, 2.05) is 36.2 Å². The molecule has 0 amide bonds. The zero-order valence-corrected chi connectivity index (χ0v) is 10.8. The van der Waals surface area contributed by atoms with Crippen LogP contribution in [0, 0.1) is 0 Å². The lowest BCUT2D eigenvalue weighted by Crippen LogP contribution is -2.37. The van der Waals surface area contributed by atoms with Gasteiger partial charge in [0.2, 0.25) is 0 Å². The van der Waals surface area contributed by atoms with Crippen molar-refractivity contribution in [2.24, 2.45) is 4.99 Å². The van der Waals surface area contributed by atoms with Crippen molar-refractivity contribution in [1.29, 1.82) is 0 Å². The average Bonchev–Trinajstić information content (AvgIpc) is 2.81. The maximum atomic E-state index is 10.1. The highest BCUT2D eigenvalue weighted by Crippen LogP contribution is 2.18. The fourth-order valence-electron chi connectivity index (χ4n) is 1.88. The Morgan fingerprint density at radius 3 is 3.06 bits per heavy atom. The van der Waals surface area contributed by atoms with Gasteiger partial charge in [-0.1, -0.05) is 12.1 Å². The van der Waals surface area contributed by atoms with E-state index in [9.17, 15) is 5.11 Å². The number of methoxy groups -OCH3 is 1. The average molecular weight is 249 g/mol. The first-order valence-electron chi connectivity index (χ1n) is 6.02. The van der Waals surface area contributed by atoms with E-state index in [0.717, 1.165) is 30.4 Å². The number of benzene rings is 1. The lowest BCUT2D eigenvalue weighted by Gasteiger charge is -2.18. The summed E-state index contributed by atoms with van der Waals surface area (Å²) in [5, 5.41) is 13.2. The van der Waals surface area contributed by atoms with Crippen LogP contribution >= 0.6 is 0 Å². The minimum atomic E-state index is -0.572. The predicted octanol–water partition coefficient (Wildman–Crippen LogP) is 0.620. The maximum absolute atomic E-state index is 10.1. The first kappa shape index (κ1) is 12.7. The Morgan fingerprint density at radius 1 is 1.56 bits per heavy atom. The molecule has 0 bridgehead atoms. The summed E-state index contributed by atoms with van der Waals surface area (Å²) < 4.78 is 5.14. The summed E-state index contributed by atoms with van der Waals surface area (Å²) in [6.07, 6.45) is -0.572. The second-order valence-corrected chi connectivity index (χ2v) is 4.30. The van der Waals surface area contributed by atoms with Gasteiger partial charge in [-0.15, -0.1) is 0 Å². The van der Waals surface area contributed by atoms with E-state index in [2.05, 4.69) is 10.3 Å². The van der Waals surface area contributed by atoms with Gasteiger partial charge in [0.25, 0.3) is 0 Å². The van der Waals surface area contributed by atoms with Crippen molar-refractivity contribution in [3.63, 3.8) is 0 Å². The van der Waals surface area contributed by atoms with Crippen LogP contribution in [0.2, 0.25) is 0 Å². The van der Waals surface area contributed by atoms with E-state index in [1.54, 1.807) is 7.11 Å². The molecule has 2 N–H and O–H groups in total. The molecule has 5 heteroatoms. The van der Waals surface area contributed by atoms with Crippen LogP contribution < -0.4 is 10.1 Å². The van der Waals surface area contributed by atoms with Gasteiger partial charge >= 0.3 is 0 Å². The molecular formula is C13H19N3O2. The monoisotopic (exact) mass is 249 g/mol. The summed E-state index contributed by atoms with van der Waals surface area (Å²) in [6.45, 7) is 2.18. The Bertz CT molecular complexity index is 434. The first-order valence-corrected chi connectivity index (χ1v) is 6.02. The van der Waals surface area contributed by atoms with Crippen LogP contribution in [-0.4, -0.2) is 49.8 Å². The number of nitrogens with one attached hydrogen (secondary N) is 1. The molecule has 1 aliphatic rings. The molecule has 5 nitrogen and oxygen atoms in total. The number of ether oxygens (including phenoxy) is 1. The van der Waals surface area contributed by atoms with Gasteiger partial charge in [-0.05, 0) is 17.7 Å². The second kappa shape index (κ2) is 5.73. The summed E-state index contributed by atoms with van der Waals surface area (Å²) in [5.74, 6) is 1.60. The Hall–Kier alpha value is -1.75. The van der Waals surface area contributed by atoms with Gasteiger partial charge in [-0.3, -0.25) is 4.99 Å². The summed E-state index contributed by atoms with van der Waals surface area (Å²) in [7, 11) is 3.60. The largest absolute Gasteiger partial charge is 0.497 e. The van der Waals surface area contributed by atoms with Gasteiger partial charge in [-0.25, -0.2) is 0 Å². The van der Waals surface area contributed by atoms with Gasteiger partial charge in [0, 0.05) is 20.1 Å². The van der Waals surface area contributed by atoms with Gasteiger partial charge in [-0.2, -0.15) is 0 Å². The summed E-state index contributed by atoms with van der Waals surface area (Å²) in [5.41, 5.74) is 0.836. The van der Waals surface area contributed by atoms with Crippen molar-refractivity contribution in [2.45, 2.75) is 6.10 Å². The molecule has 98 valence electrons. The quantitative estimate of drug-likeness (QED) is 0.821. The summed E-state index contributed by atoms with van der Waals surface area (Å²) in [4.78, 5) is 6.35. The van der Waals surface area contributed by atoms with Crippen LogP contribution in [0.1, 0.15) is 11.7 Å². The van der Waals surface area contributed by atoms with E-state index in [-0.39, 0.29) is 0 Å². The fraction of sp³-hybridized carbons (Fsp3) is 0.462. The number of hydrogen-bond donors (Lipinski definition) is 2. The van der Waals surface area contributed by atoms with Crippen molar-refractivity contribution in [2.75, 3.05) is 33.8 Å². The van der Waals surface area contributed by atoms with E-state index >= 15 is 0 Å². The van der Waals surface area contributed by atoms with Gasteiger partial charge in [0.05, 0.1) is 19.8 Å². The molecule has 1 unspecified atom stereocenters. The minimum absolute atomic E-state index is 0.441. The Kier molecular flexibility index (Phi) is 4.04. The first-order chi connectivity index (χ1) is 8.70. The molecule has 0 spiro atoms. The smallest absolute Gasteiger partial charge is 0.193 e. The highest BCUT2D eigenvalue weighted by Gasteiger charge is 2.14. The Morgan fingerprint density at radius 2 is 2.39 bits per heavy atom. The normalized spacial score (nSPS) is 16.4. The lowest BCUT2D eigenvalue weighted by atomic mass is 10.1. The molecule has 2 rings (SSSR count). The third kappa shape index (κ3) is 2.92. The van der Waals surface area contributed by atoms with Crippen LogP contribution in [-0.2, 0) is 0 Å². The number of likely N-dealkylation sites (N-methyl/N-ethyl adjacent to an activating group) is 1. The van der Waals surface area contributed by atoms with Crippen LogP contribution in [0.3, 0.4) is 0 Å². The topological polar surface area (TPSA) is 57.1 Å². The Labute approximate surface area is 107 Å². The molecule has 1 atom stereocenters. The standard InChI is InChI=1S/C13H19N3O2/c1-16-7-6-14-13(16)15-9-12(17)10-4-3-5-11(8-10)18-2/h3-5,8,12,17H,6-7,9H2,1-2H3,(H,14,15). The third-order valence-corrected chi connectivity index (χ3v) is 2.99. The Balaban J connectivity index is 1.92. The number of aliphatic hydroxyl groups excluding tert-OH is 1. The van der Waals surface area contributed by atoms with Crippen molar-refractivity contribution in [3.8, 4) is 5.75 Å². The number of rotatable bonds is 4. The predicted molar refractivity (Wildman–Crippen MR) is 70.9 cm³/mol. The number of nitrogens with zero attached hydrogens (tertiary/aromatic N) is 2. The van der Waals surface area contributed by atoms with E-state index in [4.69, 9.17) is 4.74 Å². The third-order valence-electron chi connectivity index (χ3n) is 2.99. The second-order valence-electron chi connectivity index (χ2n) is 4.30. The fourth-order valence-corrected chi connectivity index (χ4v) is 1.88. The molecule has 1 aromatic rings. The van der Waals surface area contributed by atoms with E-state index in [1.165, 1.54) is 0 Å². The molecule has 1 heterocycles. The van der Waals surface area contributed by atoms with Crippen molar-refractivity contribution in [3.05, 3.63) is 29.8 Å². The molecule has 1 aromatic carbocycles. The van der Waals surface area contributed by atoms with Crippen molar-refractivity contribution in [1.82, 2.24) is 10.2 Å². The molecule has 0 saturated heterocycles. The van der Waals surface area contributed by atoms with Crippen LogP contribution in [0.15, 0.2) is 29.3 Å². The number of hydrogen-bond acceptors (Lipinski definition) is 5. The van der Waals surface area contributed by atoms with Crippen molar-refractivity contribution >= 4 is 5.96 Å². The van der Waals surface area contributed by atoms with E-state index in [0.29, 0.717) is 6.54 Å². The molecule has 0 saturated carbocycles. The molecule has 1 aliphatic heterocycles. The number of aliphatic hydroxyl groups is 1. The zero-order chi connectivity index (χ0) is 13.0. The lowest BCUT2D eigenvalue weighted by molar-refractivity contribution is 0.179. The molecule has 0 fully saturated rings. The molecule has 0 aromatic heterocycles. The van der Waals surface area contributed by atoms with Crippen molar-refractivity contribution < 1.29 is 9.84 Å². The van der Waals surface area contributed by atoms with Gasteiger partial charge in [0.15, 0.2) is 5.96 Å². The molecular weight excluding hydrogens is 230 g/mol. The highest BCUT2D eigenvalue weighted by molar-refractivity contribution is 5.81. The minimum Gasteiger partial charge on any atom is -0.497 e. The molecule has 0 aliphatic carbocycles. The summed E-state index contributed by atoms with van der Waals surface area (Å²) in [6, 6.07) is 7.45. The van der Waals surface area contributed by atoms with Gasteiger partial charge < -0.3 is 20.1 Å². The SMILES string of the molecule is COc1cccc(C(O)CNC2=NCCN2C)c1. The molecule has 0 radical (unpaired) electrons. The highest BCUT2D eigenvalue weighted by atomic mass is 16.5. The van der Waals surface area contributed by atoms with E-state index < -0.39 is 6.10 Å². The number of guanidine groups is 1. The van der Waals surface area contributed by atoms with Gasteiger partial charge in [0.1, 0.15) is 5.75 Å². The zero-order valence-electron chi connectivity index (χ0n) is 10.8. The molecule has 18 heavy (non-hydrogen) atoms. The summed E-state index contributed by atoms with van der Waals surface area (Å²) >= 11 is 0. The van der Waals surface area contributed by atoms with Crippen LogP contribution in [0.4, 0.5) is 0 Å². The maximum Gasteiger partial charge on any atom is 0.193 e. The number of aliphatic imine (C=N–C) groups is 1.